The van der Waals surface area contributed by atoms with Crippen molar-refractivity contribution in [3.63, 3.8) is 0 Å². The minimum absolute atomic E-state index is 0.236. The normalized spacial score (nSPS) is 14.1. The molecule has 0 N–H and O–H groups in total. The lowest BCUT2D eigenvalue weighted by atomic mass is 10.00. The average molecular weight is 437 g/mol. The van der Waals surface area contributed by atoms with Gasteiger partial charge < -0.3 is 9.32 Å². The van der Waals surface area contributed by atoms with Crippen LogP contribution in [0.25, 0.3) is 16.5 Å². The Hall–Kier alpha value is -3.45. The van der Waals surface area contributed by atoms with E-state index in [0.29, 0.717) is 35.4 Å². The Kier molecular flexibility index (Phi) is 5.03. The van der Waals surface area contributed by atoms with Crippen LogP contribution in [0.3, 0.4) is 0 Å². The fourth-order valence-electron chi connectivity index (χ4n) is 3.70. The number of hydrogen-bond acceptors (Lipinski definition) is 5. The van der Waals surface area contributed by atoms with E-state index < -0.39 is 5.69 Å². The zero-order valence-corrected chi connectivity index (χ0v) is 17.2. The van der Waals surface area contributed by atoms with Gasteiger partial charge in [0.25, 0.3) is 0 Å². The minimum Gasteiger partial charge on any atom is -0.459 e. The Labute approximate surface area is 182 Å². The summed E-state index contributed by atoms with van der Waals surface area (Å²) in [5.74, 6) is 0.773. The van der Waals surface area contributed by atoms with Gasteiger partial charge in [-0.2, -0.15) is 4.98 Å². The van der Waals surface area contributed by atoms with E-state index in [-0.39, 0.29) is 12.4 Å². The molecule has 0 bridgehead atoms. The van der Waals surface area contributed by atoms with E-state index in [1.165, 1.54) is 23.0 Å². The number of rotatable bonds is 4. The zero-order valence-electron chi connectivity index (χ0n) is 16.5. The highest BCUT2D eigenvalue weighted by molar-refractivity contribution is 6.31. The fraction of sp³-hybridized carbons (Fsp3) is 0.174. The van der Waals surface area contributed by atoms with Crippen LogP contribution in [0.2, 0.25) is 5.02 Å². The van der Waals surface area contributed by atoms with Crippen LogP contribution < -0.4 is 10.6 Å². The number of anilines is 1. The Morgan fingerprint density at radius 3 is 2.71 bits per heavy atom. The maximum absolute atomic E-state index is 13.1. The molecule has 0 fully saturated rings. The van der Waals surface area contributed by atoms with E-state index in [1.807, 2.05) is 17.0 Å². The molecule has 6 nitrogen and oxygen atoms in total. The lowest BCUT2D eigenvalue weighted by molar-refractivity contribution is 0.515. The van der Waals surface area contributed by atoms with E-state index in [0.717, 1.165) is 22.9 Å². The first-order valence-electron chi connectivity index (χ1n) is 9.86. The van der Waals surface area contributed by atoms with E-state index in [9.17, 15) is 9.18 Å². The largest absolute Gasteiger partial charge is 0.459 e. The standard InChI is InChI=1S/C23H18ClFN4O2/c24-18-3-6-21-17(11-18)12-20(31-21)13-29-14-26-22(27-23(29)30)28-9-7-16(8-10-28)15-1-4-19(25)5-2-15/h1-7,11-12,14H,8-10,13H2. The Morgan fingerprint density at radius 2 is 1.97 bits per heavy atom. The van der Waals surface area contributed by atoms with Crippen molar-refractivity contribution >= 4 is 34.1 Å². The maximum atomic E-state index is 13.1. The molecule has 31 heavy (non-hydrogen) atoms. The summed E-state index contributed by atoms with van der Waals surface area (Å²) in [6.45, 7) is 1.50. The van der Waals surface area contributed by atoms with E-state index in [1.54, 1.807) is 24.3 Å². The number of fused-ring (bicyclic) bond motifs is 1. The van der Waals surface area contributed by atoms with Gasteiger partial charge in [-0.3, -0.25) is 4.57 Å². The molecule has 0 spiro atoms. The Bertz CT molecular complexity index is 1340. The molecule has 0 amide bonds. The fourth-order valence-corrected chi connectivity index (χ4v) is 3.88. The monoisotopic (exact) mass is 436 g/mol. The van der Waals surface area contributed by atoms with Crippen LogP contribution >= 0.6 is 11.6 Å². The van der Waals surface area contributed by atoms with Gasteiger partial charge >= 0.3 is 5.69 Å². The minimum atomic E-state index is -0.392. The molecule has 3 heterocycles. The number of halogens is 2. The van der Waals surface area contributed by atoms with E-state index in [4.69, 9.17) is 16.0 Å². The van der Waals surface area contributed by atoms with Crippen molar-refractivity contribution < 1.29 is 8.81 Å². The summed E-state index contributed by atoms with van der Waals surface area (Å²) in [5, 5.41) is 1.51. The number of hydrogen-bond donors (Lipinski definition) is 0. The maximum Gasteiger partial charge on any atom is 0.352 e. The highest BCUT2D eigenvalue weighted by atomic mass is 35.5. The summed E-state index contributed by atoms with van der Waals surface area (Å²) >= 11 is 6.01. The molecule has 5 rings (SSSR count). The molecule has 1 aliphatic rings. The summed E-state index contributed by atoms with van der Waals surface area (Å²) in [4.78, 5) is 23.0. The highest BCUT2D eigenvalue weighted by Gasteiger charge is 2.17. The van der Waals surface area contributed by atoms with Crippen LogP contribution in [0.5, 0.6) is 0 Å². The molecule has 8 heteroatoms. The van der Waals surface area contributed by atoms with Gasteiger partial charge in [0.2, 0.25) is 5.95 Å². The molecule has 0 radical (unpaired) electrons. The molecule has 156 valence electrons. The van der Waals surface area contributed by atoms with Crippen molar-refractivity contribution in [2.24, 2.45) is 0 Å². The number of benzene rings is 2. The average Bonchev–Trinajstić information content (AvgIpc) is 3.17. The first kappa shape index (κ1) is 19.5. The zero-order chi connectivity index (χ0) is 21.4. The van der Waals surface area contributed by atoms with Crippen molar-refractivity contribution in [2.45, 2.75) is 13.0 Å². The molecule has 0 saturated heterocycles. The van der Waals surface area contributed by atoms with Crippen molar-refractivity contribution in [1.82, 2.24) is 14.5 Å². The molecule has 1 aliphatic heterocycles. The molecule has 0 unspecified atom stereocenters. The van der Waals surface area contributed by atoms with Gasteiger partial charge in [-0.25, -0.2) is 14.2 Å². The van der Waals surface area contributed by atoms with Crippen LogP contribution in [-0.4, -0.2) is 27.6 Å². The third-order valence-electron chi connectivity index (χ3n) is 5.32. The second-order valence-electron chi connectivity index (χ2n) is 7.39. The van der Waals surface area contributed by atoms with Gasteiger partial charge in [0.1, 0.15) is 23.5 Å². The molecular weight excluding hydrogens is 419 g/mol. The molecular formula is C23H18ClFN4O2. The number of nitrogens with zero attached hydrogens (tertiary/aromatic N) is 4. The summed E-state index contributed by atoms with van der Waals surface area (Å²) in [6, 6.07) is 13.7. The predicted octanol–water partition coefficient (Wildman–Crippen LogP) is 4.52. The second-order valence-corrected chi connectivity index (χ2v) is 7.83. The Morgan fingerprint density at radius 1 is 1.13 bits per heavy atom. The van der Waals surface area contributed by atoms with Crippen molar-refractivity contribution in [2.75, 3.05) is 18.0 Å². The third kappa shape index (κ3) is 4.09. The van der Waals surface area contributed by atoms with Crippen LogP contribution in [0.15, 0.2) is 70.1 Å². The van der Waals surface area contributed by atoms with Gasteiger partial charge in [0.05, 0.1) is 6.54 Å². The van der Waals surface area contributed by atoms with Gasteiger partial charge in [-0.05, 0) is 54.0 Å². The summed E-state index contributed by atoms with van der Waals surface area (Å²) < 4.78 is 20.3. The molecule has 0 atom stereocenters. The molecule has 0 saturated carbocycles. The van der Waals surface area contributed by atoms with Crippen molar-refractivity contribution in [3.05, 3.63) is 93.6 Å². The topological polar surface area (TPSA) is 64.2 Å². The SMILES string of the molecule is O=c1nc(N2CC=C(c3ccc(F)cc3)CC2)ncn1Cc1cc2cc(Cl)ccc2o1. The van der Waals surface area contributed by atoms with Gasteiger partial charge in [0.15, 0.2) is 0 Å². The van der Waals surface area contributed by atoms with Gasteiger partial charge in [0, 0.05) is 23.5 Å². The quantitative estimate of drug-likeness (QED) is 0.470. The number of aromatic nitrogens is 3. The number of furan rings is 1. The van der Waals surface area contributed by atoms with Crippen LogP contribution in [-0.2, 0) is 6.54 Å². The van der Waals surface area contributed by atoms with Gasteiger partial charge in [-0.1, -0.05) is 29.8 Å². The third-order valence-corrected chi connectivity index (χ3v) is 5.55. The van der Waals surface area contributed by atoms with E-state index in [2.05, 4.69) is 16.0 Å². The first-order valence-corrected chi connectivity index (χ1v) is 10.2. The molecule has 4 aromatic rings. The lowest BCUT2D eigenvalue weighted by Crippen LogP contribution is -2.33. The Balaban J connectivity index is 1.31. The summed E-state index contributed by atoms with van der Waals surface area (Å²) in [7, 11) is 0. The summed E-state index contributed by atoms with van der Waals surface area (Å²) in [6.07, 6.45) is 4.31. The summed E-state index contributed by atoms with van der Waals surface area (Å²) in [5.41, 5.74) is 2.47. The van der Waals surface area contributed by atoms with Crippen molar-refractivity contribution in [1.29, 1.82) is 0 Å². The smallest absolute Gasteiger partial charge is 0.352 e. The van der Waals surface area contributed by atoms with E-state index >= 15 is 0 Å². The van der Waals surface area contributed by atoms with Crippen LogP contribution in [0, 0.1) is 5.82 Å². The van der Waals surface area contributed by atoms with Crippen LogP contribution in [0.1, 0.15) is 17.7 Å². The molecule has 2 aromatic heterocycles. The first-order chi connectivity index (χ1) is 15.0. The highest BCUT2D eigenvalue weighted by Crippen LogP contribution is 2.25. The molecule has 0 aliphatic carbocycles. The predicted molar refractivity (Wildman–Crippen MR) is 118 cm³/mol. The van der Waals surface area contributed by atoms with Crippen molar-refractivity contribution in [3.8, 4) is 0 Å². The molecule has 2 aromatic carbocycles. The van der Waals surface area contributed by atoms with Gasteiger partial charge in [-0.15, -0.1) is 0 Å². The second kappa shape index (κ2) is 8.00. The van der Waals surface area contributed by atoms with Crippen LogP contribution in [0.4, 0.5) is 10.3 Å². The lowest BCUT2D eigenvalue weighted by Gasteiger charge is -2.26.